The maximum Gasteiger partial charge on any atom is 0.272 e. The highest BCUT2D eigenvalue weighted by Crippen LogP contribution is 2.38. The van der Waals surface area contributed by atoms with Crippen LogP contribution in [0.1, 0.15) is 5.56 Å². The van der Waals surface area contributed by atoms with Gasteiger partial charge in [0, 0.05) is 26.0 Å². The lowest BCUT2D eigenvalue weighted by Crippen LogP contribution is -2.18. The highest BCUT2D eigenvalue weighted by Gasteiger charge is 2.14. The van der Waals surface area contributed by atoms with Crippen molar-refractivity contribution in [2.75, 3.05) is 41.3 Å². The number of methoxy groups -OCH3 is 4. The molecule has 0 unspecified atom stereocenters. The number of ether oxygens (including phenoxy) is 4. The van der Waals surface area contributed by atoms with Crippen molar-refractivity contribution < 1.29 is 32.2 Å². The summed E-state index contributed by atoms with van der Waals surface area (Å²) < 4.78 is 47.6. The van der Waals surface area contributed by atoms with E-state index in [0.29, 0.717) is 45.5 Å². The lowest BCUT2D eigenvalue weighted by Gasteiger charge is -2.12. The molecule has 3 rings (SSSR count). The minimum atomic E-state index is -3.36. The van der Waals surface area contributed by atoms with E-state index in [1.54, 1.807) is 43.5 Å². The summed E-state index contributed by atoms with van der Waals surface area (Å²) >= 11 is 1.24. The molecule has 0 aliphatic carbocycles. The van der Waals surface area contributed by atoms with Crippen molar-refractivity contribution in [2.24, 2.45) is 4.99 Å². The Balaban J connectivity index is 2.01. The molecule has 3 aromatic rings. The molecule has 1 aromatic heterocycles. The van der Waals surface area contributed by atoms with Crippen LogP contribution in [0.2, 0.25) is 0 Å². The van der Waals surface area contributed by atoms with Crippen LogP contribution in [0.5, 0.6) is 17.2 Å². The van der Waals surface area contributed by atoms with Gasteiger partial charge >= 0.3 is 0 Å². The minimum Gasteiger partial charge on any atom is -0.493 e. The number of amides is 1. The second-order valence-electron chi connectivity index (χ2n) is 7.17. The summed E-state index contributed by atoms with van der Waals surface area (Å²) in [6.45, 7) is 0.861. The van der Waals surface area contributed by atoms with Crippen LogP contribution in [-0.4, -0.2) is 60.2 Å². The van der Waals surface area contributed by atoms with E-state index in [1.807, 2.05) is 4.57 Å². The number of thiazole rings is 1. The van der Waals surface area contributed by atoms with Crippen LogP contribution in [0.25, 0.3) is 16.3 Å². The number of aromatic nitrogens is 1. The standard InChI is InChI=1S/C23H26N2O7S2/c1-29-11-10-25-17-8-7-16(34(5,27)28)14-20(17)33-23(25)24-21(26)9-6-15-12-18(30-2)22(32-4)19(13-15)31-3/h6-9,12-14H,10-11H2,1-5H3. The Bertz CT molecular complexity index is 1380. The number of nitrogens with zero attached hydrogens (tertiary/aromatic N) is 2. The molecule has 0 fully saturated rings. The SMILES string of the molecule is COCCn1c(=NC(=O)C=Cc2cc(OC)c(OC)c(OC)c2)sc2cc(S(C)(=O)=O)ccc21. The van der Waals surface area contributed by atoms with Crippen molar-refractivity contribution in [1.82, 2.24) is 4.57 Å². The zero-order valence-corrected chi connectivity index (χ0v) is 21.2. The van der Waals surface area contributed by atoms with Crippen LogP contribution in [0.4, 0.5) is 0 Å². The summed E-state index contributed by atoms with van der Waals surface area (Å²) in [6, 6.07) is 8.29. The van der Waals surface area contributed by atoms with Gasteiger partial charge in [0.25, 0.3) is 5.91 Å². The predicted molar refractivity (Wildman–Crippen MR) is 131 cm³/mol. The first kappa shape index (κ1) is 25.5. The first-order valence-corrected chi connectivity index (χ1v) is 12.8. The van der Waals surface area contributed by atoms with Crippen LogP contribution in [-0.2, 0) is 25.9 Å². The number of fused-ring (bicyclic) bond motifs is 1. The van der Waals surface area contributed by atoms with E-state index >= 15 is 0 Å². The molecule has 0 N–H and O–H groups in total. The largest absolute Gasteiger partial charge is 0.493 e. The lowest BCUT2D eigenvalue weighted by molar-refractivity contribution is -0.113. The molecule has 0 spiro atoms. The number of carbonyl (C=O) groups excluding carboxylic acids is 1. The Hall–Kier alpha value is -3.15. The molecule has 1 heterocycles. The van der Waals surface area contributed by atoms with Gasteiger partial charge in [-0.25, -0.2) is 8.42 Å². The normalized spacial score (nSPS) is 12.4. The fourth-order valence-corrected chi connectivity index (χ4v) is 5.09. The summed E-state index contributed by atoms with van der Waals surface area (Å²) in [5, 5.41) is 0. The Morgan fingerprint density at radius 2 is 1.74 bits per heavy atom. The predicted octanol–water partition coefficient (Wildman–Crippen LogP) is 2.92. The minimum absolute atomic E-state index is 0.209. The molecule has 2 aromatic carbocycles. The zero-order valence-electron chi connectivity index (χ0n) is 19.5. The van der Waals surface area contributed by atoms with Gasteiger partial charge in [0.1, 0.15) is 0 Å². The third-order valence-corrected chi connectivity index (χ3v) is 7.06. The Labute approximate surface area is 201 Å². The van der Waals surface area contributed by atoms with E-state index in [9.17, 15) is 13.2 Å². The topological polar surface area (TPSA) is 105 Å². The third-order valence-electron chi connectivity index (χ3n) is 4.91. The molecule has 0 saturated heterocycles. The van der Waals surface area contributed by atoms with Crippen molar-refractivity contribution >= 4 is 43.4 Å². The molecule has 0 aliphatic rings. The fraction of sp³-hybridized carbons (Fsp3) is 0.304. The first-order chi connectivity index (χ1) is 16.2. The van der Waals surface area contributed by atoms with Gasteiger partial charge in [0.2, 0.25) is 5.75 Å². The van der Waals surface area contributed by atoms with Gasteiger partial charge in [-0.2, -0.15) is 4.99 Å². The Kier molecular flexibility index (Phi) is 8.13. The van der Waals surface area contributed by atoms with Crippen LogP contribution in [0.3, 0.4) is 0 Å². The average Bonchev–Trinajstić information content (AvgIpc) is 3.15. The molecule has 34 heavy (non-hydrogen) atoms. The van der Waals surface area contributed by atoms with Crippen molar-refractivity contribution in [3.8, 4) is 17.2 Å². The van der Waals surface area contributed by atoms with Crippen LogP contribution in [0.15, 0.2) is 46.3 Å². The van der Waals surface area contributed by atoms with Crippen LogP contribution in [0, 0.1) is 0 Å². The van der Waals surface area contributed by atoms with Crippen molar-refractivity contribution in [3.63, 3.8) is 0 Å². The maximum atomic E-state index is 12.7. The summed E-state index contributed by atoms with van der Waals surface area (Å²) in [6.07, 6.45) is 4.10. The van der Waals surface area contributed by atoms with Crippen LogP contribution < -0.4 is 19.0 Å². The van der Waals surface area contributed by atoms with Gasteiger partial charge in [0.05, 0.1) is 43.0 Å². The number of hydrogen-bond acceptors (Lipinski definition) is 8. The third kappa shape index (κ3) is 5.66. The molecule has 182 valence electrons. The number of benzene rings is 2. The van der Waals surface area contributed by atoms with Crippen molar-refractivity contribution in [2.45, 2.75) is 11.4 Å². The van der Waals surface area contributed by atoms with Crippen molar-refractivity contribution in [3.05, 3.63) is 46.8 Å². The maximum absolute atomic E-state index is 12.7. The zero-order chi connectivity index (χ0) is 24.9. The van der Waals surface area contributed by atoms with Crippen molar-refractivity contribution in [1.29, 1.82) is 0 Å². The van der Waals surface area contributed by atoms with E-state index in [4.69, 9.17) is 18.9 Å². The van der Waals surface area contributed by atoms with Gasteiger partial charge in [-0.3, -0.25) is 4.79 Å². The summed E-state index contributed by atoms with van der Waals surface area (Å²) in [4.78, 5) is 17.6. The Morgan fingerprint density at radius 1 is 1.06 bits per heavy atom. The molecule has 0 aliphatic heterocycles. The quantitative estimate of drug-likeness (QED) is 0.411. The first-order valence-electron chi connectivity index (χ1n) is 10.1. The number of rotatable bonds is 9. The van der Waals surface area contributed by atoms with Gasteiger partial charge in [0.15, 0.2) is 26.1 Å². The van der Waals surface area contributed by atoms with Gasteiger partial charge in [-0.1, -0.05) is 11.3 Å². The second kappa shape index (κ2) is 10.9. The van der Waals surface area contributed by atoms with Crippen LogP contribution >= 0.6 is 11.3 Å². The molecule has 0 bridgehead atoms. The number of sulfone groups is 1. The summed E-state index contributed by atoms with van der Waals surface area (Å²) in [5.41, 5.74) is 1.44. The fourth-order valence-electron chi connectivity index (χ4n) is 3.26. The van der Waals surface area contributed by atoms with E-state index in [2.05, 4.69) is 4.99 Å². The summed E-state index contributed by atoms with van der Waals surface area (Å²) in [5.74, 6) is 0.912. The molecule has 0 radical (unpaired) electrons. The smallest absolute Gasteiger partial charge is 0.272 e. The molecular formula is C23H26N2O7S2. The van der Waals surface area contributed by atoms with Gasteiger partial charge in [-0.15, -0.1) is 0 Å². The molecule has 0 saturated carbocycles. The molecule has 0 atom stereocenters. The molecular weight excluding hydrogens is 480 g/mol. The van der Waals surface area contributed by atoms with E-state index in [1.165, 1.54) is 38.7 Å². The highest BCUT2D eigenvalue weighted by molar-refractivity contribution is 7.90. The Morgan fingerprint density at radius 3 is 2.29 bits per heavy atom. The van der Waals surface area contributed by atoms with E-state index in [-0.39, 0.29) is 4.90 Å². The second-order valence-corrected chi connectivity index (χ2v) is 10.2. The summed E-state index contributed by atoms with van der Waals surface area (Å²) in [7, 11) is 2.77. The number of hydrogen-bond donors (Lipinski definition) is 0. The van der Waals surface area contributed by atoms with E-state index < -0.39 is 15.7 Å². The van der Waals surface area contributed by atoms with Gasteiger partial charge < -0.3 is 23.5 Å². The van der Waals surface area contributed by atoms with E-state index in [0.717, 1.165) is 11.8 Å². The average molecular weight is 507 g/mol. The number of carbonyl (C=O) groups is 1. The lowest BCUT2D eigenvalue weighted by atomic mass is 10.1. The molecule has 11 heteroatoms. The monoisotopic (exact) mass is 506 g/mol. The highest BCUT2D eigenvalue weighted by atomic mass is 32.2. The van der Waals surface area contributed by atoms with Gasteiger partial charge in [-0.05, 0) is 42.0 Å². The molecule has 1 amide bonds. The molecule has 9 nitrogen and oxygen atoms in total.